The zero-order chi connectivity index (χ0) is 32.3. The maximum Gasteiger partial charge on any atom is 0.335 e. The lowest BCUT2D eigenvalue weighted by atomic mass is 9.88. The quantitative estimate of drug-likeness (QED) is 0.326. The van der Waals surface area contributed by atoms with Crippen molar-refractivity contribution >= 4 is 29.0 Å². The van der Waals surface area contributed by atoms with Gasteiger partial charge in [0, 0.05) is 50.3 Å². The lowest BCUT2D eigenvalue weighted by molar-refractivity contribution is 0.0648. The van der Waals surface area contributed by atoms with E-state index in [9.17, 15) is 14.4 Å². The van der Waals surface area contributed by atoms with Gasteiger partial charge in [0.25, 0.3) is 5.91 Å². The van der Waals surface area contributed by atoms with Gasteiger partial charge in [-0.3, -0.25) is 24.3 Å². The first-order valence-electron chi connectivity index (χ1n) is 14.9. The van der Waals surface area contributed by atoms with Crippen LogP contribution in [0.2, 0.25) is 0 Å². The van der Waals surface area contributed by atoms with Crippen molar-refractivity contribution in [3.05, 3.63) is 100 Å². The number of pyridine rings is 1. The summed E-state index contributed by atoms with van der Waals surface area (Å²) in [5.41, 5.74) is 4.07. The van der Waals surface area contributed by atoms with E-state index in [1.165, 1.54) is 6.20 Å². The molecule has 2 aromatic carbocycles. The van der Waals surface area contributed by atoms with Gasteiger partial charge in [0.15, 0.2) is 11.6 Å². The lowest BCUT2D eigenvalue weighted by Crippen LogP contribution is -2.42. The summed E-state index contributed by atoms with van der Waals surface area (Å²) in [5, 5.41) is 8.95. The molecular weight excluding hydrogens is 595 g/mol. The number of ketones is 2. The van der Waals surface area contributed by atoms with Crippen LogP contribution in [0.5, 0.6) is 0 Å². The van der Waals surface area contributed by atoms with Gasteiger partial charge < -0.3 is 4.90 Å². The van der Waals surface area contributed by atoms with Crippen LogP contribution >= 0.6 is 0 Å². The molecule has 3 aromatic rings. The molecule has 2 aliphatic rings. The molecule has 3 heterocycles. The summed E-state index contributed by atoms with van der Waals surface area (Å²) < 4.78 is 31.6. The number of aryl methyl sites for hydroxylation is 1. The Morgan fingerprint density at radius 1 is 0.933 bits per heavy atom. The van der Waals surface area contributed by atoms with Gasteiger partial charge in [-0.05, 0) is 68.5 Å². The number of aromatic nitrogens is 1. The molecule has 0 aliphatic carbocycles. The Labute approximate surface area is 265 Å². The molecule has 0 unspecified atom stereocenters. The van der Waals surface area contributed by atoms with Crippen LogP contribution in [0.4, 0.5) is 4.39 Å². The van der Waals surface area contributed by atoms with Crippen molar-refractivity contribution in [3.63, 3.8) is 0 Å². The Hall–Kier alpha value is -4.40. The fourth-order valence-electron chi connectivity index (χ4n) is 5.84. The van der Waals surface area contributed by atoms with Crippen molar-refractivity contribution in [2.45, 2.75) is 45.3 Å². The van der Waals surface area contributed by atoms with Crippen molar-refractivity contribution in [2.75, 3.05) is 26.2 Å². The average molecular weight is 631 g/mol. The number of likely N-dealkylation sites (tertiary alicyclic amines) is 2. The molecule has 9 nitrogen and oxygen atoms in total. The maximum absolute atomic E-state index is 15.0. The summed E-state index contributed by atoms with van der Waals surface area (Å²) in [6.07, 6.45) is 2.17. The monoisotopic (exact) mass is 630 g/mol. The number of halogens is 1. The number of hydrogen-bond acceptors (Lipinski definition) is 8. The first-order chi connectivity index (χ1) is 21.7. The number of nitrogens with zero attached hydrogens (tertiary/aromatic N) is 4. The van der Waals surface area contributed by atoms with Crippen molar-refractivity contribution < 1.29 is 27.2 Å². The van der Waals surface area contributed by atoms with E-state index in [4.69, 9.17) is 13.7 Å². The third-order valence-corrected chi connectivity index (χ3v) is 8.48. The van der Waals surface area contributed by atoms with Gasteiger partial charge in [0.05, 0.1) is 17.2 Å². The Morgan fingerprint density at radius 2 is 1.58 bits per heavy atom. The molecule has 0 radical (unpaired) electrons. The summed E-state index contributed by atoms with van der Waals surface area (Å²) in [5.74, 6) is -0.739. The van der Waals surface area contributed by atoms with Crippen LogP contribution in [-0.4, -0.2) is 73.0 Å². The minimum Gasteiger partial charge on any atom is -0.339 e. The number of piperidine rings is 2. The Bertz CT molecular complexity index is 1560. The summed E-state index contributed by atoms with van der Waals surface area (Å²) in [6, 6.07) is 20.1. The molecule has 0 saturated carbocycles. The molecule has 2 saturated heterocycles. The number of Topliss-reactive ketones (excluding diaryl/α,β-unsaturated/α-hetero) is 2. The predicted octanol–water partition coefficient (Wildman–Crippen LogP) is 4.76. The lowest BCUT2D eigenvalue weighted by Gasteiger charge is -2.34. The van der Waals surface area contributed by atoms with Crippen LogP contribution in [0.25, 0.3) is 0 Å². The highest BCUT2D eigenvalue weighted by Crippen LogP contribution is 2.27. The molecule has 0 N–H and O–H groups in total. The standard InChI is InChI=1S/C34H35FN4O3.O2S/c1-23-2-8-26(9-3-23)33(41)27-13-16-39(17-14-27)34(42)29-10-11-31(37-20-29)32(40)18-28-12-15-38(22-30(28)35)21-25-6-4-24(19-36)5-7-25;1-3-2/h2-11,20,27-28,30H,12-18,21-22H2,1H3;/t28-,30+;/m0./s1. The molecular formula is C34H35FN4O5S. The number of nitriles is 1. The zero-order valence-corrected chi connectivity index (χ0v) is 25.9. The van der Waals surface area contributed by atoms with Gasteiger partial charge in [0.2, 0.25) is 0 Å². The minimum absolute atomic E-state index is 0.0781. The summed E-state index contributed by atoms with van der Waals surface area (Å²) >= 11 is -0.750. The molecule has 5 rings (SSSR count). The van der Waals surface area contributed by atoms with E-state index in [1.807, 2.05) is 48.2 Å². The van der Waals surface area contributed by atoms with Crippen LogP contribution in [-0.2, 0) is 18.1 Å². The molecule has 11 heteroatoms. The second kappa shape index (κ2) is 16.1. The fraction of sp³-hybridized carbons (Fsp3) is 0.382. The Balaban J connectivity index is 0.00000148. The fourth-order valence-corrected chi connectivity index (χ4v) is 5.84. The number of carbonyl (C=O) groups excluding carboxylic acids is 3. The van der Waals surface area contributed by atoms with Gasteiger partial charge in [-0.15, -0.1) is 0 Å². The number of hydrogen-bond donors (Lipinski definition) is 0. The number of rotatable bonds is 8. The van der Waals surface area contributed by atoms with Crippen LogP contribution in [0.3, 0.4) is 0 Å². The van der Waals surface area contributed by atoms with Crippen LogP contribution < -0.4 is 0 Å². The van der Waals surface area contributed by atoms with E-state index < -0.39 is 17.7 Å². The predicted molar refractivity (Wildman–Crippen MR) is 166 cm³/mol. The van der Waals surface area contributed by atoms with E-state index in [2.05, 4.69) is 11.1 Å². The molecule has 1 amide bonds. The summed E-state index contributed by atoms with van der Waals surface area (Å²) in [4.78, 5) is 46.9. The molecule has 234 valence electrons. The van der Waals surface area contributed by atoms with E-state index in [-0.39, 0.29) is 48.0 Å². The SMILES string of the molecule is Cc1ccc(C(=O)C2CCN(C(=O)c3ccc(C(=O)C[C@@H]4CCN(Cc5ccc(C#N)cc5)C[C@H]4F)nc3)CC2)cc1.O=S=O. The summed E-state index contributed by atoms with van der Waals surface area (Å²) in [6.45, 7) is 4.51. The van der Waals surface area contributed by atoms with Crippen molar-refractivity contribution in [3.8, 4) is 6.07 Å². The van der Waals surface area contributed by atoms with Gasteiger partial charge in [-0.1, -0.05) is 42.0 Å². The molecule has 45 heavy (non-hydrogen) atoms. The normalized spacial score (nSPS) is 18.6. The van der Waals surface area contributed by atoms with Gasteiger partial charge in [-0.2, -0.15) is 13.7 Å². The van der Waals surface area contributed by atoms with Crippen molar-refractivity contribution in [2.24, 2.45) is 11.8 Å². The molecule has 2 atom stereocenters. The van der Waals surface area contributed by atoms with Crippen LogP contribution in [0.15, 0.2) is 66.9 Å². The zero-order valence-electron chi connectivity index (χ0n) is 25.1. The van der Waals surface area contributed by atoms with Crippen molar-refractivity contribution in [1.29, 1.82) is 5.26 Å². The van der Waals surface area contributed by atoms with Gasteiger partial charge in [-0.25, -0.2) is 4.39 Å². The second-order valence-electron chi connectivity index (χ2n) is 11.5. The summed E-state index contributed by atoms with van der Waals surface area (Å²) in [7, 11) is 0. The van der Waals surface area contributed by atoms with E-state index in [0.29, 0.717) is 62.1 Å². The highest BCUT2D eigenvalue weighted by atomic mass is 32.1. The number of amides is 1. The maximum atomic E-state index is 15.0. The Kier molecular flexibility index (Phi) is 12.0. The van der Waals surface area contributed by atoms with E-state index in [1.54, 1.807) is 29.2 Å². The molecule has 0 bridgehead atoms. The molecule has 1 aromatic heterocycles. The molecule has 2 aliphatic heterocycles. The number of alkyl halides is 1. The van der Waals surface area contributed by atoms with E-state index >= 15 is 4.39 Å². The van der Waals surface area contributed by atoms with Crippen LogP contribution in [0, 0.1) is 30.1 Å². The van der Waals surface area contributed by atoms with Crippen LogP contribution in [0.1, 0.15) is 73.6 Å². The number of carbonyl (C=O) groups is 3. The third kappa shape index (κ3) is 9.06. The average Bonchev–Trinajstić information content (AvgIpc) is 3.06. The van der Waals surface area contributed by atoms with Crippen molar-refractivity contribution in [1.82, 2.24) is 14.8 Å². The van der Waals surface area contributed by atoms with Gasteiger partial charge in [0.1, 0.15) is 11.9 Å². The topological polar surface area (TPSA) is 129 Å². The van der Waals surface area contributed by atoms with E-state index in [0.717, 1.165) is 11.1 Å². The first kappa shape index (κ1) is 33.5. The van der Waals surface area contributed by atoms with Gasteiger partial charge >= 0.3 is 11.6 Å². The minimum atomic E-state index is -1.12. The smallest absolute Gasteiger partial charge is 0.335 e. The largest absolute Gasteiger partial charge is 0.339 e. The molecule has 0 spiro atoms. The highest BCUT2D eigenvalue weighted by Gasteiger charge is 2.32. The highest BCUT2D eigenvalue weighted by molar-refractivity contribution is 7.51. The first-order valence-corrected chi connectivity index (χ1v) is 15.6. The third-order valence-electron chi connectivity index (χ3n) is 8.48. The second-order valence-corrected chi connectivity index (χ2v) is 11.7. The number of benzene rings is 2. The Morgan fingerprint density at radius 3 is 2.16 bits per heavy atom. The molecule has 2 fully saturated rings.